The molecule has 248 valence electrons. The second-order valence-electron chi connectivity index (χ2n) is 17.3. The van der Waals surface area contributed by atoms with Crippen LogP contribution in [0, 0.1) is 0 Å². The van der Waals surface area contributed by atoms with E-state index in [2.05, 4.69) is 144 Å². The molecule has 44 heavy (non-hydrogen) atoms. The summed E-state index contributed by atoms with van der Waals surface area (Å²) in [5, 5.41) is 0.381. The zero-order valence-electron chi connectivity index (χ0n) is 30.8. The third-order valence-electron chi connectivity index (χ3n) is 9.38. The van der Waals surface area contributed by atoms with Crippen molar-refractivity contribution in [1.82, 2.24) is 0 Å². The van der Waals surface area contributed by atoms with Gasteiger partial charge in [0.1, 0.15) is 11.5 Å². The van der Waals surface area contributed by atoms with Gasteiger partial charge in [0, 0.05) is 11.8 Å². The lowest BCUT2D eigenvalue weighted by molar-refractivity contribution is -0.136. The summed E-state index contributed by atoms with van der Waals surface area (Å²) in [6.45, 7) is 35.3. The van der Waals surface area contributed by atoms with Crippen LogP contribution in [0.5, 0.6) is 11.5 Å². The summed E-state index contributed by atoms with van der Waals surface area (Å²) in [6.07, 6.45) is 0.912. The minimum absolute atomic E-state index is 0.116. The predicted octanol–water partition coefficient (Wildman–Crippen LogP) is 10.1. The van der Waals surface area contributed by atoms with Crippen molar-refractivity contribution in [3.05, 3.63) is 59.7 Å². The lowest BCUT2D eigenvalue weighted by Crippen LogP contribution is -2.43. The van der Waals surface area contributed by atoms with E-state index in [1.165, 1.54) is 0 Å². The zero-order valence-corrected chi connectivity index (χ0v) is 35.2. The van der Waals surface area contributed by atoms with Gasteiger partial charge < -0.3 is 17.4 Å². The van der Waals surface area contributed by atoms with Crippen LogP contribution in [0.3, 0.4) is 0 Å². The van der Waals surface area contributed by atoms with Crippen LogP contribution in [0.25, 0.3) is 0 Å². The number of rotatable bonds is 12. The minimum Gasteiger partial charge on any atom is -0.544 e. The molecule has 0 spiro atoms. The normalized spacial score (nSPS) is 14.2. The second-order valence-corrected chi connectivity index (χ2v) is 33.3. The topological polar surface area (TPSA) is 54.0 Å². The summed E-state index contributed by atoms with van der Waals surface area (Å²) < 4.78 is 25.4. The van der Waals surface area contributed by atoms with Gasteiger partial charge in [0.05, 0.1) is 0 Å². The molecule has 5 nitrogen and oxygen atoms in total. The van der Waals surface area contributed by atoms with Gasteiger partial charge in [-0.3, -0.25) is 4.79 Å². The number of hydrogen-bond donors (Lipinski definition) is 0. The highest BCUT2D eigenvalue weighted by atomic mass is 28.4. The van der Waals surface area contributed by atoms with Crippen molar-refractivity contribution in [1.29, 1.82) is 0 Å². The Balaban J connectivity index is 2.38. The molecule has 0 aliphatic heterocycles. The molecule has 0 radical (unpaired) electrons. The van der Waals surface area contributed by atoms with Crippen LogP contribution in [-0.2, 0) is 18.8 Å². The third-order valence-corrected chi connectivity index (χ3v) is 23.0. The first-order valence-corrected chi connectivity index (χ1v) is 26.0. The first-order chi connectivity index (χ1) is 19.7. The molecule has 0 heterocycles. The van der Waals surface area contributed by atoms with E-state index in [1.54, 1.807) is 0 Å². The third kappa shape index (κ3) is 10.7. The second kappa shape index (κ2) is 13.6. The molecule has 2 aromatic carbocycles. The maximum atomic E-state index is 13.2. The Morgan fingerprint density at radius 1 is 0.636 bits per heavy atom. The minimum atomic E-state index is -2.54. The molecule has 0 unspecified atom stereocenters. The number of hydrogen-bond acceptors (Lipinski definition) is 5. The summed E-state index contributed by atoms with van der Waals surface area (Å²) in [6, 6.07) is 17.0. The van der Waals surface area contributed by atoms with E-state index in [4.69, 9.17) is 17.4 Å². The molecular weight excluding hydrogens is 613 g/mol. The molecule has 2 aromatic rings. The van der Waals surface area contributed by atoms with Crippen LogP contribution in [0.15, 0.2) is 48.5 Å². The van der Waals surface area contributed by atoms with Gasteiger partial charge in [0.2, 0.25) is 16.6 Å². The van der Waals surface area contributed by atoms with Crippen molar-refractivity contribution >= 4 is 40.9 Å². The quantitative estimate of drug-likeness (QED) is 0.210. The molecular formula is C35H62O5Si4. The first-order valence-electron chi connectivity index (χ1n) is 16.1. The molecule has 0 atom stereocenters. The Morgan fingerprint density at radius 2 is 1.00 bits per heavy atom. The smallest absolute Gasteiger partial charge is 0.384 e. The zero-order chi connectivity index (χ0) is 34.0. The van der Waals surface area contributed by atoms with Crippen LogP contribution in [0.2, 0.25) is 54.4 Å². The molecule has 0 saturated carbocycles. The van der Waals surface area contributed by atoms with Crippen LogP contribution in [0.1, 0.15) is 93.2 Å². The Labute approximate surface area is 275 Å². The van der Waals surface area contributed by atoms with E-state index in [-0.39, 0.29) is 21.1 Å². The maximum absolute atomic E-state index is 13.2. The fourth-order valence-electron chi connectivity index (χ4n) is 4.23. The van der Waals surface area contributed by atoms with E-state index >= 15 is 0 Å². The van der Waals surface area contributed by atoms with Gasteiger partial charge in [-0.15, -0.1) is 0 Å². The molecule has 0 N–H and O–H groups in total. The molecule has 9 heteroatoms. The molecule has 0 amide bonds. The molecule has 0 saturated heterocycles. The van der Waals surface area contributed by atoms with Crippen LogP contribution < -0.4 is 8.85 Å². The van der Waals surface area contributed by atoms with Crippen molar-refractivity contribution in [3.63, 3.8) is 0 Å². The summed E-state index contributed by atoms with van der Waals surface area (Å²) in [5.41, 5.74) is 1.86. The van der Waals surface area contributed by atoms with E-state index in [0.717, 1.165) is 22.6 Å². The van der Waals surface area contributed by atoms with Gasteiger partial charge in [0.15, 0.2) is 9.76 Å². The van der Waals surface area contributed by atoms with Crippen LogP contribution in [-0.4, -0.2) is 40.9 Å². The van der Waals surface area contributed by atoms with Gasteiger partial charge >= 0.3 is 8.56 Å². The Kier molecular flexibility index (Phi) is 11.9. The fraction of sp³-hybridized carbons (Fsp3) is 0.629. The maximum Gasteiger partial charge on any atom is 0.384 e. The standard InChI is InChI=1S/C35H62O5Si4/c1-32(2,3)41-40-44(15,16)39-31(36)25-26-35(10,27-17-21-29(22-18-27)37-42(11,12)33(4,5)6)28-19-23-30(24-20-28)38-43(13,14)34(7,8)9/h17-24H,25-26,41H2,1-16H3. The van der Waals surface area contributed by atoms with Crippen molar-refractivity contribution in [2.75, 3.05) is 0 Å². The molecule has 0 fully saturated rings. The SMILES string of the molecule is CC(C)(C)[SiH2]O[Si](C)(C)OC(=O)CCC(C)(c1ccc(O[Si](C)(C)C(C)(C)C)cc1)c1ccc(O[Si](C)(C)C(C)(C)C)cc1. The van der Waals surface area contributed by atoms with Crippen LogP contribution >= 0.6 is 0 Å². The van der Waals surface area contributed by atoms with Gasteiger partial charge in [-0.1, -0.05) is 93.5 Å². The van der Waals surface area contributed by atoms with Gasteiger partial charge in [-0.2, -0.15) is 0 Å². The van der Waals surface area contributed by atoms with Crippen molar-refractivity contribution in [2.45, 2.75) is 142 Å². The Bertz CT molecular complexity index is 1160. The predicted molar refractivity (Wildman–Crippen MR) is 197 cm³/mol. The van der Waals surface area contributed by atoms with Crippen LogP contribution in [0.4, 0.5) is 0 Å². The van der Waals surface area contributed by atoms with Gasteiger partial charge in [0.25, 0.3) is 5.97 Å². The van der Waals surface area contributed by atoms with E-state index in [9.17, 15) is 4.79 Å². The van der Waals surface area contributed by atoms with E-state index in [0.29, 0.717) is 12.8 Å². The van der Waals surface area contributed by atoms with Gasteiger partial charge in [-0.05, 0) is 96.2 Å². The monoisotopic (exact) mass is 674 g/mol. The highest BCUT2D eigenvalue weighted by Gasteiger charge is 2.40. The highest BCUT2D eigenvalue weighted by Crippen LogP contribution is 2.42. The van der Waals surface area contributed by atoms with Gasteiger partial charge in [-0.25, -0.2) is 0 Å². The lowest BCUT2D eigenvalue weighted by Gasteiger charge is -2.37. The highest BCUT2D eigenvalue weighted by molar-refractivity contribution is 6.75. The van der Waals surface area contributed by atoms with Crippen molar-refractivity contribution in [3.8, 4) is 11.5 Å². The van der Waals surface area contributed by atoms with E-state index in [1.807, 2.05) is 13.1 Å². The summed E-state index contributed by atoms with van der Waals surface area (Å²) in [5.74, 6) is 1.60. The number of carbonyl (C=O) groups excluding carboxylic acids is 1. The largest absolute Gasteiger partial charge is 0.544 e. The number of benzene rings is 2. The van der Waals surface area contributed by atoms with Crippen molar-refractivity contribution < 1.29 is 22.2 Å². The Morgan fingerprint density at radius 3 is 1.32 bits per heavy atom. The fourth-order valence-corrected chi connectivity index (χ4v) is 10.3. The van der Waals surface area contributed by atoms with Crippen molar-refractivity contribution in [2.24, 2.45) is 0 Å². The number of carbonyl (C=O) groups is 1. The molecule has 0 aliphatic carbocycles. The molecule has 0 aliphatic rings. The average Bonchev–Trinajstić information content (AvgIpc) is 2.84. The molecule has 2 rings (SSSR count). The summed E-state index contributed by atoms with van der Waals surface area (Å²) in [4.78, 5) is 13.2. The summed E-state index contributed by atoms with van der Waals surface area (Å²) in [7, 11) is -7.27. The molecule has 0 bridgehead atoms. The van der Waals surface area contributed by atoms with E-state index < -0.39 is 40.4 Å². The average molecular weight is 675 g/mol. The lowest BCUT2D eigenvalue weighted by atomic mass is 9.73. The summed E-state index contributed by atoms with van der Waals surface area (Å²) >= 11 is 0. The molecule has 0 aromatic heterocycles. The Hall–Kier alpha value is -1.66. The first kappa shape index (κ1) is 38.5.